The highest BCUT2D eigenvalue weighted by atomic mass is 32.2. The van der Waals surface area contributed by atoms with Gasteiger partial charge in [0.1, 0.15) is 6.20 Å². The third kappa shape index (κ3) is 3.23. The molecule has 0 spiro atoms. The van der Waals surface area contributed by atoms with E-state index in [0.717, 1.165) is 17.5 Å². The molecule has 2 rings (SSSR count). The van der Waals surface area contributed by atoms with E-state index >= 15 is 0 Å². The van der Waals surface area contributed by atoms with Crippen LogP contribution in [0.3, 0.4) is 0 Å². The standard InChI is InChI=1S/C8H10N4O4S2/c13-12(14)7-5-9-8(17-7)10-6-11-1-3-18(15,16)4-2-11/h5-6H,1-4H2. The summed E-state index contributed by atoms with van der Waals surface area (Å²) in [6.45, 7) is 0.776. The summed E-state index contributed by atoms with van der Waals surface area (Å²) < 4.78 is 22.4. The first-order valence-electron chi connectivity index (χ1n) is 5.05. The van der Waals surface area contributed by atoms with Crippen molar-refractivity contribution in [3.05, 3.63) is 16.3 Å². The van der Waals surface area contributed by atoms with Gasteiger partial charge in [-0.1, -0.05) is 0 Å². The summed E-state index contributed by atoms with van der Waals surface area (Å²) in [7, 11) is -2.91. The number of rotatable bonds is 3. The van der Waals surface area contributed by atoms with E-state index in [0.29, 0.717) is 13.1 Å². The van der Waals surface area contributed by atoms with Gasteiger partial charge in [0, 0.05) is 13.1 Å². The SMILES string of the molecule is O=[N+]([O-])c1cnc(N=CN2CCS(=O)(=O)CC2)s1. The van der Waals surface area contributed by atoms with Crippen LogP contribution in [0.2, 0.25) is 0 Å². The fourth-order valence-electron chi connectivity index (χ4n) is 1.37. The van der Waals surface area contributed by atoms with E-state index in [1.807, 2.05) is 0 Å². The Hall–Kier alpha value is -1.55. The molecule has 0 amide bonds. The van der Waals surface area contributed by atoms with Gasteiger partial charge in [-0.3, -0.25) is 10.1 Å². The Labute approximate surface area is 107 Å². The Morgan fingerprint density at radius 1 is 1.50 bits per heavy atom. The molecule has 0 saturated carbocycles. The van der Waals surface area contributed by atoms with E-state index in [1.54, 1.807) is 4.90 Å². The van der Waals surface area contributed by atoms with Crippen LogP contribution >= 0.6 is 11.3 Å². The van der Waals surface area contributed by atoms with Gasteiger partial charge >= 0.3 is 5.00 Å². The second kappa shape index (κ2) is 4.98. The Kier molecular flexibility index (Phi) is 3.57. The minimum Gasteiger partial charge on any atom is -0.360 e. The van der Waals surface area contributed by atoms with Crippen molar-refractivity contribution in [1.82, 2.24) is 9.88 Å². The van der Waals surface area contributed by atoms with Gasteiger partial charge in [0.05, 0.1) is 22.8 Å². The lowest BCUT2D eigenvalue weighted by atomic mass is 10.5. The number of nitro groups is 1. The van der Waals surface area contributed by atoms with Gasteiger partial charge in [-0.15, -0.1) is 0 Å². The van der Waals surface area contributed by atoms with Crippen molar-refractivity contribution in [2.45, 2.75) is 0 Å². The molecule has 1 aromatic rings. The molecule has 2 heterocycles. The van der Waals surface area contributed by atoms with Crippen LogP contribution < -0.4 is 0 Å². The molecular formula is C8H10N4O4S2. The van der Waals surface area contributed by atoms with Gasteiger partial charge in [0.25, 0.3) is 0 Å². The van der Waals surface area contributed by atoms with Gasteiger partial charge in [-0.2, -0.15) is 0 Å². The molecule has 0 aliphatic carbocycles. The zero-order chi connectivity index (χ0) is 13.2. The number of nitrogens with zero attached hydrogens (tertiary/aromatic N) is 4. The largest absolute Gasteiger partial charge is 0.360 e. The van der Waals surface area contributed by atoms with Crippen LogP contribution in [0.15, 0.2) is 11.2 Å². The Balaban J connectivity index is 1.97. The van der Waals surface area contributed by atoms with E-state index < -0.39 is 14.8 Å². The minimum absolute atomic E-state index is 0.0663. The highest BCUT2D eigenvalue weighted by Gasteiger charge is 2.19. The average molecular weight is 290 g/mol. The molecule has 1 aliphatic rings. The number of hydrogen-bond donors (Lipinski definition) is 0. The highest BCUT2D eigenvalue weighted by molar-refractivity contribution is 7.91. The van der Waals surface area contributed by atoms with Crippen molar-refractivity contribution in [3.63, 3.8) is 0 Å². The Morgan fingerprint density at radius 2 is 2.17 bits per heavy atom. The van der Waals surface area contributed by atoms with Crippen LogP contribution in [0.25, 0.3) is 0 Å². The predicted molar refractivity (Wildman–Crippen MR) is 67.1 cm³/mol. The van der Waals surface area contributed by atoms with Crippen LogP contribution in [0, 0.1) is 10.1 Å². The van der Waals surface area contributed by atoms with E-state index in [2.05, 4.69) is 9.98 Å². The first-order valence-corrected chi connectivity index (χ1v) is 7.69. The molecule has 98 valence electrons. The Bertz CT molecular complexity index is 566. The number of sulfone groups is 1. The van der Waals surface area contributed by atoms with E-state index in [9.17, 15) is 18.5 Å². The van der Waals surface area contributed by atoms with Crippen LogP contribution in [-0.2, 0) is 9.84 Å². The molecule has 8 nitrogen and oxygen atoms in total. The molecule has 0 bridgehead atoms. The van der Waals surface area contributed by atoms with Crippen molar-refractivity contribution in [3.8, 4) is 0 Å². The maximum Gasteiger partial charge on any atom is 0.345 e. The molecule has 0 radical (unpaired) electrons. The van der Waals surface area contributed by atoms with Crippen molar-refractivity contribution in [2.75, 3.05) is 24.6 Å². The summed E-state index contributed by atoms with van der Waals surface area (Å²) >= 11 is 0.876. The normalized spacial score (nSPS) is 19.2. The third-order valence-corrected chi connectivity index (χ3v) is 4.84. The maximum atomic E-state index is 11.2. The van der Waals surface area contributed by atoms with Gasteiger partial charge in [-0.05, 0) is 11.3 Å². The minimum atomic E-state index is -2.91. The molecular weight excluding hydrogens is 280 g/mol. The van der Waals surface area contributed by atoms with Gasteiger partial charge < -0.3 is 4.90 Å². The van der Waals surface area contributed by atoms with Crippen LogP contribution in [0.5, 0.6) is 0 Å². The van der Waals surface area contributed by atoms with Crippen LogP contribution in [0.1, 0.15) is 0 Å². The van der Waals surface area contributed by atoms with Gasteiger partial charge in [0.15, 0.2) is 9.84 Å². The summed E-state index contributed by atoms with van der Waals surface area (Å²) in [5.41, 5.74) is 0. The first kappa shape index (κ1) is 12.9. The summed E-state index contributed by atoms with van der Waals surface area (Å²) in [6, 6.07) is 0. The smallest absolute Gasteiger partial charge is 0.345 e. The zero-order valence-corrected chi connectivity index (χ0v) is 10.9. The first-order chi connectivity index (χ1) is 8.46. The second-order valence-corrected chi connectivity index (χ2v) is 6.96. The van der Waals surface area contributed by atoms with Crippen molar-refractivity contribution in [2.24, 2.45) is 4.99 Å². The molecule has 10 heteroatoms. The fraction of sp³-hybridized carbons (Fsp3) is 0.500. The summed E-state index contributed by atoms with van der Waals surface area (Å²) in [5.74, 6) is 0.216. The van der Waals surface area contributed by atoms with E-state index in [4.69, 9.17) is 0 Å². The summed E-state index contributed by atoms with van der Waals surface area (Å²) in [6.07, 6.45) is 2.63. The molecule has 1 aliphatic heterocycles. The topological polar surface area (TPSA) is 106 Å². The van der Waals surface area contributed by atoms with Crippen molar-refractivity contribution in [1.29, 1.82) is 0 Å². The predicted octanol–water partition coefficient (Wildman–Crippen LogP) is 0.442. The number of thiazole rings is 1. The molecule has 18 heavy (non-hydrogen) atoms. The molecule has 0 aromatic carbocycles. The quantitative estimate of drug-likeness (QED) is 0.346. The van der Waals surface area contributed by atoms with Gasteiger partial charge in [-0.25, -0.2) is 18.4 Å². The molecule has 1 saturated heterocycles. The zero-order valence-electron chi connectivity index (χ0n) is 9.22. The number of hydrogen-bond acceptors (Lipinski definition) is 7. The molecule has 0 atom stereocenters. The van der Waals surface area contributed by atoms with E-state index in [-0.39, 0.29) is 21.6 Å². The van der Waals surface area contributed by atoms with E-state index in [1.165, 1.54) is 6.34 Å². The Morgan fingerprint density at radius 3 is 2.72 bits per heavy atom. The summed E-state index contributed by atoms with van der Waals surface area (Å²) in [4.78, 5) is 19.4. The fourth-order valence-corrected chi connectivity index (χ4v) is 3.18. The third-order valence-electron chi connectivity index (χ3n) is 2.37. The molecule has 1 fully saturated rings. The van der Waals surface area contributed by atoms with Crippen molar-refractivity contribution >= 4 is 37.6 Å². The van der Waals surface area contributed by atoms with Crippen LogP contribution in [-0.4, -0.2) is 54.2 Å². The molecule has 1 aromatic heterocycles. The lowest BCUT2D eigenvalue weighted by Crippen LogP contribution is -2.39. The van der Waals surface area contributed by atoms with Gasteiger partial charge in [0.2, 0.25) is 5.13 Å². The molecule has 0 unspecified atom stereocenters. The average Bonchev–Trinajstić information content (AvgIpc) is 2.76. The highest BCUT2D eigenvalue weighted by Crippen LogP contribution is 2.26. The van der Waals surface area contributed by atoms with Crippen LogP contribution in [0.4, 0.5) is 10.1 Å². The second-order valence-electron chi connectivity index (χ2n) is 3.67. The number of aliphatic imine (C=N–C) groups is 1. The summed E-state index contributed by atoms with van der Waals surface area (Å²) in [5, 5.41) is 10.7. The monoisotopic (exact) mass is 290 g/mol. The molecule has 0 N–H and O–H groups in total. The lowest BCUT2D eigenvalue weighted by molar-refractivity contribution is -0.380. The number of aromatic nitrogens is 1. The maximum absolute atomic E-state index is 11.2. The van der Waals surface area contributed by atoms with Crippen molar-refractivity contribution < 1.29 is 13.3 Å². The lowest BCUT2D eigenvalue weighted by Gasteiger charge is -2.23.